The van der Waals surface area contributed by atoms with Gasteiger partial charge >= 0.3 is 0 Å². The van der Waals surface area contributed by atoms with E-state index in [4.69, 9.17) is 0 Å². The second kappa shape index (κ2) is 8.67. The molecule has 0 unspecified atom stereocenters. The van der Waals surface area contributed by atoms with Gasteiger partial charge in [0.05, 0.1) is 11.7 Å². The third-order valence-corrected chi connectivity index (χ3v) is 5.86. The van der Waals surface area contributed by atoms with Crippen LogP contribution in [0.5, 0.6) is 0 Å². The van der Waals surface area contributed by atoms with Crippen molar-refractivity contribution in [2.45, 2.75) is 39.9 Å². The Bertz CT molecular complexity index is 1030. The number of aryl methyl sites for hydroxylation is 3. The monoisotopic (exact) mass is 398 g/mol. The zero-order valence-electron chi connectivity index (χ0n) is 16.8. The van der Waals surface area contributed by atoms with Crippen LogP contribution in [0.4, 0.5) is 0 Å². The van der Waals surface area contributed by atoms with Gasteiger partial charge < -0.3 is 10.2 Å². The van der Waals surface area contributed by atoms with Crippen molar-refractivity contribution in [2.24, 2.45) is 0 Å². The van der Waals surface area contributed by atoms with Gasteiger partial charge in [0.2, 0.25) is 5.91 Å². The third-order valence-electron chi connectivity index (χ3n) is 4.75. The summed E-state index contributed by atoms with van der Waals surface area (Å²) in [6.45, 7) is 5.63. The first kappa shape index (κ1) is 20.2. The van der Waals surface area contributed by atoms with Crippen molar-refractivity contribution in [3.05, 3.63) is 62.5 Å². The number of aromatic nitrogens is 2. The predicted octanol–water partition coefficient (Wildman–Crippen LogP) is 2.84. The van der Waals surface area contributed by atoms with E-state index in [0.29, 0.717) is 18.5 Å². The maximum Gasteiger partial charge on any atom is 0.262 e. The van der Waals surface area contributed by atoms with Gasteiger partial charge in [-0.15, -0.1) is 11.3 Å². The van der Waals surface area contributed by atoms with Crippen LogP contribution in [0.1, 0.15) is 28.0 Å². The molecule has 0 atom stereocenters. The molecule has 2 aromatic heterocycles. The van der Waals surface area contributed by atoms with Crippen molar-refractivity contribution in [1.29, 1.82) is 0 Å². The van der Waals surface area contributed by atoms with E-state index in [0.717, 1.165) is 27.4 Å². The lowest BCUT2D eigenvalue weighted by Gasteiger charge is -2.11. The SMILES string of the molecule is Cc1sc2ncn(CCC(=O)NCc3ccc(CN(C)C)cc3)c(=O)c2c1C. The fourth-order valence-corrected chi connectivity index (χ4v) is 4.06. The van der Waals surface area contributed by atoms with Crippen molar-refractivity contribution >= 4 is 27.5 Å². The summed E-state index contributed by atoms with van der Waals surface area (Å²) in [5.41, 5.74) is 3.20. The van der Waals surface area contributed by atoms with Gasteiger partial charge in [-0.2, -0.15) is 0 Å². The second-order valence-corrected chi connectivity index (χ2v) is 8.49. The van der Waals surface area contributed by atoms with Crippen molar-refractivity contribution in [1.82, 2.24) is 19.8 Å². The van der Waals surface area contributed by atoms with E-state index in [1.54, 1.807) is 0 Å². The van der Waals surface area contributed by atoms with Gasteiger partial charge in [-0.3, -0.25) is 14.2 Å². The summed E-state index contributed by atoms with van der Waals surface area (Å²) in [6.07, 6.45) is 1.78. The summed E-state index contributed by atoms with van der Waals surface area (Å²) in [5, 5.41) is 3.59. The number of hydrogen-bond acceptors (Lipinski definition) is 5. The maximum absolute atomic E-state index is 12.7. The molecule has 148 valence electrons. The normalized spacial score (nSPS) is 11.3. The number of nitrogens with zero attached hydrogens (tertiary/aromatic N) is 3. The van der Waals surface area contributed by atoms with Crippen molar-refractivity contribution in [2.75, 3.05) is 14.1 Å². The lowest BCUT2D eigenvalue weighted by atomic mass is 10.1. The zero-order valence-corrected chi connectivity index (χ0v) is 17.6. The average molecular weight is 399 g/mol. The Labute approximate surface area is 168 Å². The molecule has 0 bridgehead atoms. The fourth-order valence-electron chi connectivity index (χ4n) is 3.07. The Kier molecular flexibility index (Phi) is 6.26. The highest BCUT2D eigenvalue weighted by molar-refractivity contribution is 7.18. The standard InChI is InChI=1S/C21H26N4O2S/c1-14-15(2)28-20-19(14)21(27)25(13-23-20)10-9-18(26)22-11-16-5-7-17(8-6-16)12-24(3)4/h5-8,13H,9-12H2,1-4H3,(H,22,26). The Hall–Kier alpha value is -2.51. The van der Waals surface area contributed by atoms with E-state index in [9.17, 15) is 9.59 Å². The van der Waals surface area contributed by atoms with Crippen LogP contribution in [0.2, 0.25) is 0 Å². The number of hydrogen-bond donors (Lipinski definition) is 1. The van der Waals surface area contributed by atoms with Gasteiger partial charge in [-0.05, 0) is 44.6 Å². The molecule has 1 amide bonds. The molecule has 28 heavy (non-hydrogen) atoms. The number of amides is 1. The lowest BCUT2D eigenvalue weighted by Crippen LogP contribution is -2.27. The molecule has 0 aliphatic heterocycles. The number of fused-ring (bicyclic) bond motifs is 1. The maximum atomic E-state index is 12.7. The van der Waals surface area contributed by atoms with Crippen LogP contribution in [0.25, 0.3) is 10.2 Å². The van der Waals surface area contributed by atoms with Crippen LogP contribution in [0.3, 0.4) is 0 Å². The van der Waals surface area contributed by atoms with Crippen molar-refractivity contribution < 1.29 is 4.79 Å². The van der Waals surface area contributed by atoms with Gasteiger partial charge in [-0.25, -0.2) is 4.98 Å². The highest BCUT2D eigenvalue weighted by Gasteiger charge is 2.12. The summed E-state index contributed by atoms with van der Waals surface area (Å²) < 4.78 is 1.52. The zero-order chi connectivity index (χ0) is 20.3. The quantitative estimate of drug-likeness (QED) is 0.665. The van der Waals surface area contributed by atoms with Crippen LogP contribution in [0, 0.1) is 13.8 Å². The van der Waals surface area contributed by atoms with Crippen LogP contribution in [-0.4, -0.2) is 34.5 Å². The van der Waals surface area contributed by atoms with Gasteiger partial charge in [0.1, 0.15) is 4.83 Å². The number of carbonyl (C=O) groups is 1. The Morgan fingerprint density at radius 2 is 1.86 bits per heavy atom. The minimum atomic E-state index is -0.0809. The molecule has 0 radical (unpaired) electrons. The summed E-state index contributed by atoms with van der Waals surface area (Å²) in [5.74, 6) is -0.0809. The molecule has 0 fully saturated rings. The van der Waals surface area contributed by atoms with Gasteiger partial charge in [0.25, 0.3) is 5.56 Å². The molecule has 0 saturated heterocycles. The number of carbonyl (C=O) groups excluding carboxylic acids is 1. The number of benzene rings is 1. The molecule has 2 heterocycles. The van der Waals surface area contributed by atoms with Crippen LogP contribution < -0.4 is 10.9 Å². The Balaban J connectivity index is 1.56. The van der Waals surface area contributed by atoms with Gasteiger partial charge in [0, 0.05) is 30.9 Å². The van der Waals surface area contributed by atoms with Gasteiger partial charge in [0.15, 0.2) is 0 Å². The first-order chi connectivity index (χ1) is 13.3. The van der Waals surface area contributed by atoms with Crippen LogP contribution in [-0.2, 0) is 24.4 Å². The molecule has 1 N–H and O–H groups in total. The van der Waals surface area contributed by atoms with E-state index >= 15 is 0 Å². The number of nitrogens with one attached hydrogen (secondary N) is 1. The van der Waals surface area contributed by atoms with Crippen LogP contribution >= 0.6 is 11.3 Å². The van der Waals surface area contributed by atoms with Crippen molar-refractivity contribution in [3.8, 4) is 0 Å². The van der Waals surface area contributed by atoms with E-state index in [-0.39, 0.29) is 17.9 Å². The molecular weight excluding hydrogens is 372 g/mol. The number of rotatable bonds is 7. The van der Waals surface area contributed by atoms with E-state index < -0.39 is 0 Å². The summed E-state index contributed by atoms with van der Waals surface area (Å²) in [7, 11) is 4.07. The summed E-state index contributed by atoms with van der Waals surface area (Å²) in [6, 6.07) is 8.21. The molecule has 3 aromatic rings. The largest absolute Gasteiger partial charge is 0.352 e. The first-order valence-electron chi connectivity index (χ1n) is 9.29. The molecule has 0 aliphatic rings. The van der Waals surface area contributed by atoms with E-state index in [1.807, 2.05) is 40.1 Å². The first-order valence-corrected chi connectivity index (χ1v) is 10.1. The molecule has 1 aromatic carbocycles. The second-order valence-electron chi connectivity index (χ2n) is 7.29. The highest BCUT2D eigenvalue weighted by atomic mass is 32.1. The van der Waals surface area contributed by atoms with E-state index in [1.165, 1.54) is 27.8 Å². The molecule has 3 rings (SSSR count). The Morgan fingerprint density at radius 1 is 1.18 bits per heavy atom. The van der Waals surface area contributed by atoms with Gasteiger partial charge in [-0.1, -0.05) is 24.3 Å². The summed E-state index contributed by atoms with van der Waals surface area (Å²) in [4.78, 5) is 33.2. The summed E-state index contributed by atoms with van der Waals surface area (Å²) >= 11 is 1.53. The predicted molar refractivity (Wildman–Crippen MR) is 114 cm³/mol. The fraction of sp³-hybridized carbons (Fsp3) is 0.381. The third kappa shape index (κ3) is 4.66. The molecule has 0 saturated carbocycles. The smallest absolute Gasteiger partial charge is 0.262 e. The lowest BCUT2D eigenvalue weighted by molar-refractivity contribution is -0.121. The molecular formula is C21H26N4O2S. The topological polar surface area (TPSA) is 67.2 Å². The molecule has 0 aliphatic carbocycles. The molecule has 0 spiro atoms. The highest BCUT2D eigenvalue weighted by Crippen LogP contribution is 2.25. The molecule has 6 nitrogen and oxygen atoms in total. The minimum absolute atomic E-state index is 0.0730. The average Bonchev–Trinajstić information content (AvgIpc) is 2.95. The van der Waals surface area contributed by atoms with Crippen molar-refractivity contribution in [3.63, 3.8) is 0 Å². The molecule has 7 heteroatoms. The number of thiophene rings is 1. The van der Waals surface area contributed by atoms with Crippen LogP contribution in [0.15, 0.2) is 35.4 Å². The minimum Gasteiger partial charge on any atom is -0.352 e. The van der Waals surface area contributed by atoms with E-state index in [2.05, 4.69) is 27.3 Å². The Morgan fingerprint density at radius 3 is 2.54 bits per heavy atom.